The van der Waals surface area contributed by atoms with Crippen molar-refractivity contribution in [3.05, 3.63) is 114 Å². The lowest BCUT2D eigenvalue weighted by atomic mass is 9.99. The van der Waals surface area contributed by atoms with E-state index in [0.717, 1.165) is 21.7 Å². The van der Waals surface area contributed by atoms with E-state index in [4.69, 9.17) is 11.5 Å². The molecule has 0 saturated carbocycles. The number of aliphatic imine (C=N–C) groups is 1. The molecular formula is C54H69N11O9. The Labute approximate surface area is 429 Å². The summed E-state index contributed by atoms with van der Waals surface area (Å²) in [5.74, 6) is -4.75. The molecule has 74 heavy (non-hydrogen) atoms. The number of H-pyrrole nitrogens is 1. The molecule has 2 heterocycles. The predicted octanol–water partition coefficient (Wildman–Crippen LogP) is 1.70. The number of benzene rings is 4. The Morgan fingerprint density at radius 2 is 1.35 bits per heavy atom. The van der Waals surface area contributed by atoms with E-state index in [1.54, 1.807) is 31.3 Å². The number of aliphatic hydroxyl groups is 1. The quantitative estimate of drug-likeness (QED) is 0.0227. The number of likely N-dealkylation sites (tertiary alicyclic amines) is 1. The normalized spacial score (nSPS) is 15.3. The number of hydrogen-bond acceptors (Lipinski definition) is 10. The van der Waals surface area contributed by atoms with Crippen molar-refractivity contribution in [2.75, 3.05) is 26.2 Å². The molecule has 1 aliphatic heterocycles. The number of carbonyl (C=O) groups excluding carboxylic acids is 7. The van der Waals surface area contributed by atoms with E-state index < -0.39 is 78.3 Å². The van der Waals surface area contributed by atoms with Crippen LogP contribution in [-0.4, -0.2) is 130 Å². The fourth-order valence-electron chi connectivity index (χ4n) is 9.21. The topological polar surface area (TPSA) is 316 Å². The van der Waals surface area contributed by atoms with E-state index in [1.807, 2.05) is 74.5 Å². The molecule has 0 radical (unpaired) electrons. The number of aromatic hydroxyl groups is 1. The second-order valence-corrected chi connectivity index (χ2v) is 19.0. The zero-order valence-electron chi connectivity index (χ0n) is 42.1. The first-order valence-corrected chi connectivity index (χ1v) is 25.1. The molecule has 6 atom stereocenters. The van der Waals surface area contributed by atoms with Crippen LogP contribution in [0, 0.1) is 5.92 Å². The Bertz CT molecular complexity index is 2790. The highest BCUT2D eigenvalue weighted by molar-refractivity contribution is 5.98. The van der Waals surface area contributed by atoms with Gasteiger partial charge in [-0.15, -0.1) is 0 Å². The molecule has 7 amide bonds. The number of aliphatic hydroxyl groups excluding tert-OH is 1. The first-order valence-electron chi connectivity index (χ1n) is 25.1. The van der Waals surface area contributed by atoms with Crippen molar-refractivity contribution in [3.63, 3.8) is 0 Å². The highest BCUT2D eigenvalue weighted by Gasteiger charge is 2.39. The van der Waals surface area contributed by atoms with E-state index in [2.05, 4.69) is 41.9 Å². The standard InChI is InChI=1S/C54H69N11O9/c1-4-57-52(73)46-19-11-25-65(46)53(74)41(18-10-24-58-54(55)56)61-48(69)42(26-32(2)3)62-50(71)44(28-36-30-59-40-17-8-7-16-39(36)40)64-49(70)43(27-33-20-22-37(67)23-21-33)63-51(72)45(31-66)60-47(68)29-35-14-9-13-34-12-5-6-15-38(34)35/h5-9,12-17,20-23,30,32,41-46,59,66-67H,4,10-11,18-19,24-29,31H2,1-3H3,(H,57,73)(H,60,68)(H,61,69)(H,62,71)(H,63,72)(H,64,70)(H4,55,56,58)/t41-,42-,43-,44+,45-,46-/m0/s1. The van der Waals surface area contributed by atoms with Gasteiger partial charge in [0.25, 0.3) is 0 Å². The molecule has 1 saturated heterocycles. The van der Waals surface area contributed by atoms with E-state index in [9.17, 15) is 43.8 Å². The van der Waals surface area contributed by atoms with Crippen molar-refractivity contribution in [3.8, 4) is 5.75 Å². The number of rotatable bonds is 25. The number of nitrogens with zero attached hydrogens (tertiary/aromatic N) is 2. The number of nitrogens with one attached hydrogen (secondary N) is 7. The maximum atomic E-state index is 14.8. The van der Waals surface area contributed by atoms with Crippen molar-refractivity contribution in [2.24, 2.45) is 22.4 Å². The molecule has 6 rings (SSSR count). The summed E-state index contributed by atoms with van der Waals surface area (Å²) in [6.07, 6.45) is 2.96. The van der Waals surface area contributed by atoms with Gasteiger partial charge in [0.15, 0.2) is 5.96 Å². The third kappa shape index (κ3) is 15.3. The molecule has 0 aliphatic carbocycles. The number of amides is 7. The number of likely N-dealkylation sites (N-methyl/N-ethyl adjacent to an activating group) is 1. The second-order valence-electron chi connectivity index (χ2n) is 19.0. The highest BCUT2D eigenvalue weighted by Crippen LogP contribution is 2.23. The average molecular weight is 1020 g/mol. The van der Waals surface area contributed by atoms with Crippen molar-refractivity contribution < 1.29 is 43.8 Å². The first-order chi connectivity index (χ1) is 35.5. The minimum absolute atomic E-state index is 0.0373. The molecule has 5 aromatic rings. The fourth-order valence-corrected chi connectivity index (χ4v) is 9.21. The smallest absolute Gasteiger partial charge is 0.245 e. The third-order valence-electron chi connectivity index (χ3n) is 12.9. The zero-order chi connectivity index (χ0) is 53.3. The highest BCUT2D eigenvalue weighted by atomic mass is 16.3. The zero-order valence-corrected chi connectivity index (χ0v) is 42.1. The largest absolute Gasteiger partial charge is 0.508 e. The molecule has 13 N–H and O–H groups in total. The van der Waals surface area contributed by atoms with Gasteiger partial charge < -0.3 is 63.5 Å². The Morgan fingerprint density at radius 3 is 2.04 bits per heavy atom. The molecular weight excluding hydrogens is 947 g/mol. The van der Waals surface area contributed by atoms with Gasteiger partial charge in [-0.05, 0) is 90.6 Å². The van der Waals surface area contributed by atoms with Crippen molar-refractivity contribution in [1.29, 1.82) is 0 Å². The van der Waals surface area contributed by atoms with Gasteiger partial charge >= 0.3 is 0 Å². The van der Waals surface area contributed by atoms with Gasteiger partial charge in [0.1, 0.15) is 42.0 Å². The summed E-state index contributed by atoms with van der Waals surface area (Å²) in [7, 11) is 0. The summed E-state index contributed by atoms with van der Waals surface area (Å²) in [6.45, 7) is 5.54. The Morgan fingerprint density at radius 1 is 0.730 bits per heavy atom. The number of nitrogens with two attached hydrogens (primary N) is 2. The van der Waals surface area contributed by atoms with Crippen molar-refractivity contribution in [1.82, 2.24) is 41.8 Å². The summed E-state index contributed by atoms with van der Waals surface area (Å²) >= 11 is 0. The maximum absolute atomic E-state index is 14.8. The Balaban J connectivity index is 1.25. The lowest BCUT2D eigenvalue weighted by Gasteiger charge is -2.30. The first kappa shape index (κ1) is 55.3. The minimum atomic E-state index is -1.47. The minimum Gasteiger partial charge on any atom is -0.508 e. The summed E-state index contributed by atoms with van der Waals surface area (Å²) in [6, 6.07) is 19.1. The molecule has 0 spiro atoms. The number of guanidine groups is 1. The van der Waals surface area contributed by atoms with Gasteiger partial charge in [-0.1, -0.05) is 86.6 Å². The van der Waals surface area contributed by atoms with E-state index in [0.29, 0.717) is 49.0 Å². The average Bonchev–Trinajstić information content (AvgIpc) is 4.04. The molecule has 394 valence electrons. The molecule has 1 aliphatic rings. The molecule has 20 nitrogen and oxygen atoms in total. The van der Waals surface area contributed by atoms with E-state index >= 15 is 0 Å². The van der Waals surface area contributed by atoms with Crippen molar-refractivity contribution in [2.45, 2.75) is 108 Å². The molecule has 1 fully saturated rings. The van der Waals surface area contributed by atoms with Crippen LogP contribution >= 0.6 is 0 Å². The number of aromatic nitrogens is 1. The monoisotopic (exact) mass is 1020 g/mol. The van der Waals surface area contributed by atoms with Crippen LogP contribution in [0.15, 0.2) is 102 Å². The molecule has 1 aromatic heterocycles. The van der Waals surface area contributed by atoms with Gasteiger partial charge in [-0.2, -0.15) is 0 Å². The number of para-hydroxylation sites is 1. The van der Waals surface area contributed by atoms with Crippen LogP contribution in [0.5, 0.6) is 5.75 Å². The summed E-state index contributed by atoms with van der Waals surface area (Å²) in [4.78, 5) is 107. The van der Waals surface area contributed by atoms with Crippen LogP contribution in [-0.2, 0) is 52.8 Å². The Hall–Kier alpha value is -8.00. The lowest BCUT2D eigenvalue weighted by Crippen LogP contribution is -2.60. The number of phenolic OH excluding ortho intramolecular Hbond substituents is 1. The molecule has 4 aromatic carbocycles. The van der Waals surface area contributed by atoms with Crippen LogP contribution in [0.4, 0.5) is 0 Å². The van der Waals surface area contributed by atoms with Gasteiger partial charge in [0, 0.05) is 49.6 Å². The number of aromatic amines is 1. The molecule has 0 unspecified atom stereocenters. The van der Waals surface area contributed by atoms with Gasteiger partial charge in [-0.3, -0.25) is 38.6 Å². The van der Waals surface area contributed by atoms with Crippen LogP contribution in [0.25, 0.3) is 21.7 Å². The van der Waals surface area contributed by atoms with Gasteiger partial charge in [0.2, 0.25) is 41.4 Å². The SMILES string of the molecule is CCNC(=O)[C@@H]1CCCN1C(=O)[C@H](CCCN=C(N)N)NC(=O)[C@H](CC(C)C)NC(=O)[C@@H](Cc1c[nH]c2ccccc12)NC(=O)[C@H](Cc1ccc(O)cc1)NC(=O)[C@H](CO)NC(=O)Cc1cccc2ccccc12. The molecule has 20 heteroatoms. The van der Waals surface area contributed by atoms with E-state index in [1.165, 1.54) is 17.0 Å². The number of hydrogen-bond donors (Lipinski definition) is 11. The van der Waals surface area contributed by atoms with Crippen LogP contribution in [0.2, 0.25) is 0 Å². The number of phenols is 1. The van der Waals surface area contributed by atoms with Gasteiger partial charge in [-0.25, -0.2) is 0 Å². The number of carbonyl (C=O) groups is 7. The third-order valence-corrected chi connectivity index (χ3v) is 12.9. The van der Waals surface area contributed by atoms with Crippen LogP contribution < -0.4 is 43.4 Å². The van der Waals surface area contributed by atoms with Crippen LogP contribution in [0.3, 0.4) is 0 Å². The van der Waals surface area contributed by atoms with Gasteiger partial charge in [0.05, 0.1) is 13.0 Å². The van der Waals surface area contributed by atoms with Crippen molar-refractivity contribution >= 4 is 69.0 Å². The summed E-state index contributed by atoms with van der Waals surface area (Å²) in [5, 5.41) is 39.6. The fraction of sp³-hybridized carbons (Fsp3) is 0.407. The summed E-state index contributed by atoms with van der Waals surface area (Å²) in [5.41, 5.74) is 13.7. The number of fused-ring (bicyclic) bond motifs is 2. The molecule has 0 bridgehead atoms. The Kier molecular flexibility index (Phi) is 19.9. The lowest BCUT2D eigenvalue weighted by molar-refractivity contribution is -0.142. The summed E-state index contributed by atoms with van der Waals surface area (Å²) < 4.78 is 0. The predicted molar refractivity (Wildman–Crippen MR) is 281 cm³/mol. The van der Waals surface area contributed by atoms with Crippen LogP contribution in [0.1, 0.15) is 69.6 Å². The second kappa shape index (κ2) is 26.6. The maximum Gasteiger partial charge on any atom is 0.245 e. The van der Waals surface area contributed by atoms with E-state index in [-0.39, 0.29) is 62.2 Å².